The highest BCUT2D eigenvalue weighted by Crippen LogP contribution is 2.15. The second-order valence-electron chi connectivity index (χ2n) is 3.38. The number of carboxylic acids is 1. The van der Waals surface area contributed by atoms with Gasteiger partial charge in [-0.1, -0.05) is 6.07 Å². The van der Waals surface area contributed by atoms with Gasteiger partial charge in [0.2, 0.25) is 0 Å². The van der Waals surface area contributed by atoms with Gasteiger partial charge < -0.3 is 10.4 Å². The van der Waals surface area contributed by atoms with Crippen LogP contribution in [0.15, 0.2) is 18.2 Å². The molecule has 0 heterocycles. The van der Waals surface area contributed by atoms with Gasteiger partial charge in [0.05, 0.1) is 0 Å². The van der Waals surface area contributed by atoms with Crippen molar-refractivity contribution in [1.82, 2.24) is 0 Å². The molecule has 0 aliphatic carbocycles. The second-order valence-corrected chi connectivity index (χ2v) is 3.38. The minimum atomic E-state index is -0.812. The lowest BCUT2D eigenvalue weighted by Gasteiger charge is -2.08. The van der Waals surface area contributed by atoms with E-state index in [2.05, 4.69) is 5.32 Å². The molecule has 0 radical (unpaired) electrons. The van der Waals surface area contributed by atoms with Crippen molar-refractivity contribution >= 4 is 11.7 Å². The van der Waals surface area contributed by atoms with Crippen molar-refractivity contribution in [2.75, 3.05) is 11.9 Å². The fraction of sp³-hybridized carbons (Fsp3) is 0.364. The Morgan fingerprint density at radius 3 is 2.93 bits per heavy atom. The third kappa shape index (κ3) is 3.97. The van der Waals surface area contributed by atoms with Crippen LogP contribution in [0.1, 0.15) is 18.4 Å². The first kappa shape index (κ1) is 11.5. The number of aryl methyl sites for hydroxylation is 1. The Kier molecular flexibility index (Phi) is 4.09. The molecule has 0 spiro atoms. The molecule has 3 nitrogen and oxygen atoms in total. The number of hydrogen-bond donors (Lipinski definition) is 2. The van der Waals surface area contributed by atoms with Crippen LogP contribution < -0.4 is 5.32 Å². The van der Waals surface area contributed by atoms with Gasteiger partial charge in [-0.3, -0.25) is 4.79 Å². The Morgan fingerprint density at radius 1 is 1.53 bits per heavy atom. The number of carbonyl (C=O) groups is 1. The van der Waals surface area contributed by atoms with Gasteiger partial charge in [-0.05, 0) is 31.0 Å². The normalized spacial score (nSPS) is 10.0. The first-order valence-electron chi connectivity index (χ1n) is 4.81. The average molecular weight is 211 g/mol. The van der Waals surface area contributed by atoms with Gasteiger partial charge in [-0.15, -0.1) is 0 Å². The lowest BCUT2D eigenvalue weighted by Crippen LogP contribution is -2.06. The van der Waals surface area contributed by atoms with Crippen molar-refractivity contribution in [3.8, 4) is 0 Å². The maximum absolute atomic E-state index is 12.9. The summed E-state index contributed by atoms with van der Waals surface area (Å²) in [6.45, 7) is 2.41. The molecule has 0 saturated heterocycles. The summed E-state index contributed by atoms with van der Waals surface area (Å²) in [5.41, 5.74) is 1.67. The van der Waals surface area contributed by atoms with Gasteiger partial charge in [-0.2, -0.15) is 0 Å². The summed E-state index contributed by atoms with van der Waals surface area (Å²) in [5.74, 6) is -1.10. The summed E-state index contributed by atoms with van der Waals surface area (Å²) in [5, 5.41) is 11.4. The Morgan fingerprint density at radius 2 is 2.27 bits per heavy atom. The zero-order chi connectivity index (χ0) is 11.3. The number of rotatable bonds is 5. The predicted molar refractivity (Wildman–Crippen MR) is 56.5 cm³/mol. The summed E-state index contributed by atoms with van der Waals surface area (Å²) in [6.07, 6.45) is 0.659. The molecule has 4 heteroatoms. The average Bonchev–Trinajstić information content (AvgIpc) is 2.17. The van der Waals surface area contributed by atoms with E-state index in [-0.39, 0.29) is 12.2 Å². The molecule has 1 rings (SSSR count). The van der Waals surface area contributed by atoms with Crippen molar-refractivity contribution in [2.24, 2.45) is 0 Å². The van der Waals surface area contributed by atoms with Gasteiger partial charge >= 0.3 is 5.97 Å². The van der Waals surface area contributed by atoms with Gasteiger partial charge in [0.1, 0.15) is 5.82 Å². The third-order valence-electron chi connectivity index (χ3n) is 2.08. The van der Waals surface area contributed by atoms with Crippen molar-refractivity contribution in [3.05, 3.63) is 29.6 Å². The van der Waals surface area contributed by atoms with Gasteiger partial charge in [0.25, 0.3) is 0 Å². The monoisotopic (exact) mass is 211 g/mol. The van der Waals surface area contributed by atoms with E-state index in [0.29, 0.717) is 13.0 Å². The topological polar surface area (TPSA) is 49.3 Å². The first-order chi connectivity index (χ1) is 7.09. The molecule has 1 aromatic rings. The predicted octanol–water partition coefficient (Wildman–Crippen LogP) is 2.41. The largest absolute Gasteiger partial charge is 0.481 e. The van der Waals surface area contributed by atoms with E-state index in [0.717, 1.165) is 11.3 Å². The van der Waals surface area contributed by atoms with Crippen molar-refractivity contribution in [1.29, 1.82) is 0 Å². The van der Waals surface area contributed by atoms with Crippen LogP contribution in [0.25, 0.3) is 0 Å². The third-order valence-corrected chi connectivity index (χ3v) is 2.08. The van der Waals surface area contributed by atoms with Crippen LogP contribution in [0.4, 0.5) is 10.1 Å². The van der Waals surface area contributed by atoms with Gasteiger partial charge in [0, 0.05) is 18.7 Å². The molecule has 0 fully saturated rings. The molecule has 0 aliphatic heterocycles. The van der Waals surface area contributed by atoms with Crippen LogP contribution >= 0.6 is 0 Å². The van der Waals surface area contributed by atoms with Crippen molar-refractivity contribution in [2.45, 2.75) is 19.8 Å². The molecule has 0 unspecified atom stereocenters. The lowest BCUT2D eigenvalue weighted by molar-refractivity contribution is -0.137. The second kappa shape index (κ2) is 5.34. The fourth-order valence-electron chi connectivity index (χ4n) is 1.25. The number of benzene rings is 1. The zero-order valence-corrected chi connectivity index (χ0v) is 8.59. The van der Waals surface area contributed by atoms with Crippen molar-refractivity contribution < 1.29 is 14.3 Å². The number of carboxylic acid groups (broad SMARTS) is 1. The van der Waals surface area contributed by atoms with Crippen LogP contribution in [-0.2, 0) is 4.79 Å². The SMILES string of the molecule is Cc1ccc(F)cc1NCCCC(=O)O. The molecular weight excluding hydrogens is 197 g/mol. The molecule has 0 saturated carbocycles. The number of hydrogen-bond acceptors (Lipinski definition) is 2. The summed E-state index contributed by atoms with van der Waals surface area (Å²) >= 11 is 0. The standard InChI is InChI=1S/C11H14FNO2/c1-8-4-5-9(12)7-10(8)13-6-2-3-11(14)15/h4-5,7,13H,2-3,6H2,1H3,(H,14,15). The van der Waals surface area contributed by atoms with E-state index in [9.17, 15) is 9.18 Å². The summed E-state index contributed by atoms with van der Waals surface area (Å²) in [6, 6.07) is 4.50. The summed E-state index contributed by atoms with van der Waals surface area (Å²) in [4.78, 5) is 10.2. The Labute approximate surface area is 87.9 Å². The molecule has 0 bridgehead atoms. The quantitative estimate of drug-likeness (QED) is 0.735. The number of anilines is 1. The molecule has 0 aliphatic rings. The highest BCUT2D eigenvalue weighted by molar-refractivity contribution is 5.66. The molecule has 2 N–H and O–H groups in total. The van der Waals surface area contributed by atoms with E-state index >= 15 is 0 Å². The smallest absolute Gasteiger partial charge is 0.303 e. The van der Waals surface area contributed by atoms with E-state index in [1.54, 1.807) is 6.07 Å². The van der Waals surface area contributed by atoms with E-state index in [4.69, 9.17) is 5.11 Å². The molecule has 0 atom stereocenters. The van der Waals surface area contributed by atoms with Crippen molar-refractivity contribution in [3.63, 3.8) is 0 Å². The molecular formula is C11H14FNO2. The van der Waals surface area contributed by atoms with E-state index < -0.39 is 5.97 Å². The van der Waals surface area contributed by atoms with Gasteiger partial charge in [-0.25, -0.2) is 4.39 Å². The Bertz CT molecular complexity index is 352. The maximum Gasteiger partial charge on any atom is 0.303 e. The Hall–Kier alpha value is -1.58. The van der Waals surface area contributed by atoms with E-state index in [1.165, 1.54) is 12.1 Å². The van der Waals surface area contributed by atoms with Gasteiger partial charge in [0.15, 0.2) is 0 Å². The highest BCUT2D eigenvalue weighted by atomic mass is 19.1. The minimum absolute atomic E-state index is 0.126. The molecule has 0 amide bonds. The Balaban J connectivity index is 2.43. The van der Waals surface area contributed by atoms with Crippen LogP contribution in [-0.4, -0.2) is 17.6 Å². The van der Waals surface area contributed by atoms with E-state index in [1.807, 2.05) is 6.92 Å². The minimum Gasteiger partial charge on any atom is -0.481 e. The van der Waals surface area contributed by atoms with Crippen LogP contribution in [0.5, 0.6) is 0 Å². The highest BCUT2D eigenvalue weighted by Gasteiger charge is 2.00. The number of aliphatic carboxylic acids is 1. The summed E-state index contributed by atoms with van der Waals surface area (Å²) < 4.78 is 12.9. The lowest BCUT2D eigenvalue weighted by atomic mass is 10.2. The molecule has 1 aromatic carbocycles. The zero-order valence-electron chi connectivity index (χ0n) is 8.59. The van der Waals surface area contributed by atoms with Crippen LogP contribution in [0, 0.1) is 12.7 Å². The fourth-order valence-corrected chi connectivity index (χ4v) is 1.25. The molecule has 82 valence electrons. The summed E-state index contributed by atoms with van der Waals surface area (Å²) in [7, 11) is 0. The molecule has 0 aromatic heterocycles. The van der Waals surface area contributed by atoms with Crippen LogP contribution in [0.2, 0.25) is 0 Å². The first-order valence-corrected chi connectivity index (χ1v) is 4.81. The van der Waals surface area contributed by atoms with Crippen LogP contribution in [0.3, 0.4) is 0 Å². The molecule has 15 heavy (non-hydrogen) atoms. The maximum atomic E-state index is 12.9. The number of halogens is 1. The number of nitrogens with one attached hydrogen (secondary N) is 1.